The first-order valence-electron chi connectivity index (χ1n) is 11.0. The van der Waals surface area contributed by atoms with Crippen LogP contribution in [0.1, 0.15) is 42.4 Å². The zero-order chi connectivity index (χ0) is 21.4. The smallest absolute Gasteiger partial charge is 0.298 e. The number of aromatic nitrogens is 4. The molecule has 1 fully saturated rings. The van der Waals surface area contributed by atoms with Gasteiger partial charge in [-0.05, 0) is 49.1 Å². The first-order valence-corrected chi connectivity index (χ1v) is 11.0. The maximum absolute atomic E-state index is 12.8. The van der Waals surface area contributed by atoms with Crippen molar-refractivity contribution < 1.29 is 0 Å². The van der Waals surface area contributed by atoms with Crippen LogP contribution >= 0.6 is 0 Å². The number of nitrogens with zero attached hydrogens (tertiary/aromatic N) is 5. The maximum Gasteiger partial charge on any atom is 0.332 e. The summed E-state index contributed by atoms with van der Waals surface area (Å²) in [5, 5.41) is 4.71. The van der Waals surface area contributed by atoms with E-state index in [4.69, 9.17) is 5.10 Å². The summed E-state index contributed by atoms with van der Waals surface area (Å²) in [6, 6.07) is 14.4. The third kappa shape index (κ3) is 3.63. The molecule has 31 heavy (non-hydrogen) atoms. The minimum Gasteiger partial charge on any atom is -0.298 e. The molecule has 0 aliphatic carbocycles. The van der Waals surface area contributed by atoms with Gasteiger partial charge in [0, 0.05) is 31.2 Å². The lowest BCUT2D eigenvalue weighted by Gasteiger charge is -2.24. The van der Waals surface area contributed by atoms with Crippen molar-refractivity contribution in [2.45, 2.75) is 51.2 Å². The second-order valence-electron chi connectivity index (χ2n) is 8.73. The fourth-order valence-corrected chi connectivity index (χ4v) is 4.94. The van der Waals surface area contributed by atoms with E-state index in [0.29, 0.717) is 6.54 Å². The molecule has 1 aromatic carbocycles. The van der Waals surface area contributed by atoms with Crippen LogP contribution in [-0.2, 0) is 31.5 Å². The van der Waals surface area contributed by atoms with Crippen molar-refractivity contribution in [3.05, 3.63) is 92.0 Å². The van der Waals surface area contributed by atoms with E-state index in [2.05, 4.69) is 41.1 Å². The molecule has 0 radical (unpaired) electrons. The van der Waals surface area contributed by atoms with E-state index in [0.717, 1.165) is 50.4 Å². The summed E-state index contributed by atoms with van der Waals surface area (Å²) in [4.78, 5) is 32.1. The van der Waals surface area contributed by atoms with Crippen molar-refractivity contribution >= 4 is 0 Å². The topological polar surface area (TPSA) is 73.0 Å². The Balaban J connectivity index is 1.41. The van der Waals surface area contributed by atoms with Gasteiger partial charge in [0.25, 0.3) is 0 Å². The zero-order valence-corrected chi connectivity index (χ0v) is 17.8. The molecule has 1 spiro atoms. The van der Waals surface area contributed by atoms with Gasteiger partial charge in [0.05, 0.1) is 12.2 Å². The van der Waals surface area contributed by atoms with Crippen LogP contribution in [0.5, 0.6) is 0 Å². The summed E-state index contributed by atoms with van der Waals surface area (Å²) in [6.07, 6.45) is 4.54. The highest BCUT2D eigenvalue weighted by Crippen LogP contribution is 2.40. The first-order chi connectivity index (χ1) is 15.1. The molecular formula is C24H27N5O2. The maximum atomic E-state index is 12.8. The van der Waals surface area contributed by atoms with Crippen LogP contribution in [0.15, 0.2) is 58.3 Å². The highest BCUT2D eigenvalue weighted by Gasteiger charge is 2.47. The highest BCUT2D eigenvalue weighted by atomic mass is 16.2. The van der Waals surface area contributed by atoms with Crippen LogP contribution in [0.2, 0.25) is 0 Å². The normalized spacial score (nSPS) is 20.4. The van der Waals surface area contributed by atoms with Gasteiger partial charge in [0.15, 0.2) is 0 Å². The summed E-state index contributed by atoms with van der Waals surface area (Å²) < 4.78 is 2.91. The molecule has 7 heteroatoms. The third-order valence-corrected chi connectivity index (χ3v) is 6.73. The molecule has 160 valence electrons. The lowest BCUT2D eigenvalue weighted by molar-refractivity contribution is 0.298. The zero-order valence-electron chi connectivity index (χ0n) is 17.8. The predicted octanol–water partition coefficient (Wildman–Crippen LogP) is 1.96. The van der Waals surface area contributed by atoms with Crippen LogP contribution in [0.25, 0.3) is 0 Å². The van der Waals surface area contributed by atoms with Gasteiger partial charge in [-0.1, -0.05) is 37.3 Å². The molecule has 1 saturated heterocycles. The number of hydrogen-bond donors (Lipinski definition) is 0. The molecule has 0 amide bonds. The second kappa shape index (κ2) is 7.89. The Bertz CT molecular complexity index is 1200. The molecule has 4 heterocycles. The third-order valence-electron chi connectivity index (χ3n) is 6.73. The molecule has 0 unspecified atom stereocenters. The lowest BCUT2D eigenvalue weighted by atomic mass is 9.85. The van der Waals surface area contributed by atoms with Gasteiger partial charge in [0.2, 0.25) is 0 Å². The number of pyridine rings is 1. The summed E-state index contributed by atoms with van der Waals surface area (Å²) in [5.74, 6) is 0.761. The average Bonchev–Trinajstić information content (AvgIpc) is 3.37. The molecule has 3 aromatic rings. The monoisotopic (exact) mass is 417 g/mol. The van der Waals surface area contributed by atoms with Crippen LogP contribution in [0.3, 0.4) is 0 Å². The minimum atomic E-state index is -0.572. The molecule has 2 aliphatic heterocycles. The molecule has 1 atom stereocenters. The van der Waals surface area contributed by atoms with Crippen LogP contribution < -0.4 is 11.1 Å². The highest BCUT2D eigenvalue weighted by molar-refractivity contribution is 5.24. The Hall–Kier alpha value is -3.06. The quantitative estimate of drug-likeness (QED) is 0.594. The van der Waals surface area contributed by atoms with E-state index in [-0.39, 0.29) is 12.0 Å². The van der Waals surface area contributed by atoms with Gasteiger partial charge < -0.3 is 0 Å². The first kappa shape index (κ1) is 19.9. The fourth-order valence-electron chi connectivity index (χ4n) is 4.94. The van der Waals surface area contributed by atoms with Gasteiger partial charge in [0.1, 0.15) is 5.82 Å². The van der Waals surface area contributed by atoms with Crippen molar-refractivity contribution in [3.8, 4) is 0 Å². The van der Waals surface area contributed by atoms with Gasteiger partial charge >= 0.3 is 11.1 Å². The Labute approximate surface area is 181 Å². The number of aryl methyl sites for hydroxylation is 1. The summed E-state index contributed by atoms with van der Waals surface area (Å²) in [7, 11) is 0. The predicted molar refractivity (Wildman–Crippen MR) is 118 cm³/mol. The number of hydrogen-bond acceptors (Lipinski definition) is 5. The van der Waals surface area contributed by atoms with Crippen molar-refractivity contribution in [3.63, 3.8) is 0 Å². The summed E-state index contributed by atoms with van der Waals surface area (Å²) in [6.45, 7) is 5.66. The van der Waals surface area contributed by atoms with Crippen molar-refractivity contribution in [1.29, 1.82) is 0 Å². The van der Waals surface area contributed by atoms with Gasteiger partial charge in [-0.2, -0.15) is 5.10 Å². The van der Waals surface area contributed by atoms with Crippen molar-refractivity contribution in [1.82, 2.24) is 24.2 Å². The van der Waals surface area contributed by atoms with Gasteiger partial charge in [-0.15, -0.1) is 0 Å². The van der Waals surface area contributed by atoms with Gasteiger partial charge in [-0.25, -0.2) is 4.68 Å². The summed E-state index contributed by atoms with van der Waals surface area (Å²) in [5.41, 5.74) is 2.17. The second-order valence-corrected chi connectivity index (χ2v) is 8.73. The Morgan fingerprint density at radius 3 is 2.45 bits per heavy atom. The molecular weight excluding hydrogens is 390 g/mol. The molecule has 2 aromatic heterocycles. The molecule has 0 saturated carbocycles. The number of likely N-dealkylation sites (tertiary alicyclic amines) is 1. The Morgan fingerprint density at radius 2 is 1.71 bits per heavy atom. The van der Waals surface area contributed by atoms with E-state index >= 15 is 0 Å². The molecule has 0 bridgehead atoms. The van der Waals surface area contributed by atoms with Gasteiger partial charge in [-0.3, -0.25) is 24.0 Å². The van der Waals surface area contributed by atoms with E-state index < -0.39 is 11.1 Å². The van der Waals surface area contributed by atoms with E-state index in [1.165, 1.54) is 15.8 Å². The molecule has 7 nitrogen and oxygen atoms in total. The molecule has 2 aliphatic rings. The fraction of sp³-hybridized carbons (Fsp3) is 0.417. The number of fused-ring (bicyclic) bond motifs is 2. The van der Waals surface area contributed by atoms with Crippen LogP contribution in [0.4, 0.5) is 0 Å². The molecule has 5 rings (SSSR count). The number of benzene rings is 1. The number of rotatable bonds is 5. The lowest BCUT2D eigenvalue weighted by Crippen LogP contribution is -2.45. The SMILES string of the molecule is CCc1ccc(CN2CC[C@@]3(CCn4c3nn(Cc3ccccn3)c(=O)c4=O)C2)cc1. The molecule has 0 N–H and O–H groups in total. The van der Waals surface area contributed by atoms with Crippen LogP contribution in [-0.4, -0.2) is 37.3 Å². The van der Waals surface area contributed by atoms with E-state index in [9.17, 15) is 9.59 Å². The summed E-state index contributed by atoms with van der Waals surface area (Å²) >= 11 is 0. The van der Waals surface area contributed by atoms with E-state index in [1.54, 1.807) is 10.8 Å². The standard InChI is InChI=1S/C24H27N5O2/c1-2-18-6-8-19(9-7-18)15-27-13-10-24(17-27)11-14-28-21(30)22(31)29(26-23(24)28)16-20-5-3-4-12-25-20/h3-9,12H,2,10-11,13-17H2,1H3/t24-/m1/s1. The van der Waals surface area contributed by atoms with E-state index in [1.807, 2.05) is 18.2 Å². The average molecular weight is 418 g/mol. The minimum absolute atomic E-state index is 0.165. The van der Waals surface area contributed by atoms with Crippen molar-refractivity contribution in [2.24, 2.45) is 0 Å². The van der Waals surface area contributed by atoms with Crippen molar-refractivity contribution in [2.75, 3.05) is 13.1 Å². The largest absolute Gasteiger partial charge is 0.332 e. The Morgan fingerprint density at radius 1 is 0.935 bits per heavy atom. The Kier molecular flexibility index (Phi) is 5.06. The van der Waals surface area contributed by atoms with Crippen LogP contribution in [0, 0.1) is 0 Å².